The summed E-state index contributed by atoms with van der Waals surface area (Å²) in [5.74, 6) is -0.0122. The monoisotopic (exact) mass is 214 g/mol. The Morgan fingerprint density at radius 1 is 1.53 bits per heavy atom. The Morgan fingerprint density at radius 3 is 2.60 bits per heavy atom. The maximum atomic E-state index is 10.8. The molecule has 1 rings (SSSR count). The molecule has 1 fully saturated rings. The molecule has 1 saturated heterocycles. The van der Waals surface area contributed by atoms with E-state index in [-0.39, 0.29) is 6.04 Å². The lowest BCUT2D eigenvalue weighted by Crippen LogP contribution is -2.35. The van der Waals surface area contributed by atoms with Crippen LogP contribution in [0.2, 0.25) is 0 Å². The molecule has 1 aliphatic heterocycles. The summed E-state index contributed by atoms with van der Waals surface area (Å²) in [6.45, 7) is 2.31. The number of likely N-dealkylation sites (tertiary alicyclic amines) is 1. The number of hydrogen-bond acceptors (Lipinski definition) is 3. The SMILES string of the molecule is CN[C@@H](CCC1CCN(C)CC1)C(=O)O. The van der Waals surface area contributed by atoms with Crippen LogP contribution in [0.4, 0.5) is 0 Å². The second-order valence-corrected chi connectivity index (χ2v) is 4.50. The molecule has 0 unspecified atom stereocenters. The topological polar surface area (TPSA) is 52.6 Å². The fraction of sp³-hybridized carbons (Fsp3) is 0.909. The van der Waals surface area contributed by atoms with Gasteiger partial charge in [-0.05, 0) is 58.8 Å². The molecule has 0 aliphatic carbocycles. The lowest BCUT2D eigenvalue weighted by atomic mass is 9.91. The second kappa shape index (κ2) is 6.08. The summed E-state index contributed by atoms with van der Waals surface area (Å²) in [6.07, 6.45) is 4.21. The number of hydrogen-bond donors (Lipinski definition) is 2. The molecular weight excluding hydrogens is 192 g/mol. The van der Waals surface area contributed by atoms with Crippen LogP contribution in [0.1, 0.15) is 25.7 Å². The van der Waals surface area contributed by atoms with Gasteiger partial charge in [-0.3, -0.25) is 4.79 Å². The molecule has 0 aromatic rings. The minimum atomic E-state index is -0.731. The van der Waals surface area contributed by atoms with Crippen molar-refractivity contribution in [2.45, 2.75) is 31.7 Å². The van der Waals surface area contributed by atoms with Gasteiger partial charge in [0.1, 0.15) is 6.04 Å². The van der Waals surface area contributed by atoms with Crippen LogP contribution in [-0.2, 0) is 4.79 Å². The number of likely N-dealkylation sites (N-methyl/N-ethyl adjacent to an activating group) is 1. The zero-order chi connectivity index (χ0) is 11.3. The third-order valence-corrected chi connectivity index (χ3v) is 3.35. The molecule has 88 valence electrons. The van der Waals surface area contributed by atoms with Gasteiger partial charge in [-0.15, -0.1) is 0 Å². The Hall–Kier alpha value is -0.610. The Bertz CT molecular complexity index is 201. The summed E-state index contributed by atoms with van der Waals surface area (Å²) in [5, 5.41) is 11.7. The molecule has 0 bridgehead atoms. The normalized spacial score (nSPS) is 21.5. The number of nitrogens with zero attached hydrogens (tertiary/aromatic N) is 1. The van der Waals surface area contributed by atoms with Gasteiger partial charge in [-0.2, -0.15) is 0 Å². The number of carbonyl (C=O) groups is 1. The largest absolute Gasteiger partial charge is 0.480 e. The summed E-state index contributed by atoms with van der Waals surface area (Å²) in [6, 6.07) is -0.371. The van der Waals surface area contributed by atoms with Crippen molar-refractivity contribution >= 4 is 5.97 Å². The van der Waals surface area contributed by atoms with Gasteiger partial charge in [-0.1, -0.05) is 0 Å². The molecule has 15 heavy (non-hydrogen) atoms. The van der Waals surface area contributed by atoms with Crippen molar-refractivity contribution in [2.75, 3.05) is 27.2 Å². The summed E-state index contributed by atoms with van der Waals surface area (Å²) in [4.78, 5) is 13.1. The van der Waals surface area contributed by atoms with Gasteiger partial charge in [0.05, 0.1) is 0 Å². The zero-order valence-corrected chi connectivity index (χ0v) is 9.70. The van der Waals surface area contributed by atoms with Crippen molar-refractivity contribution in [2.24, 2.45) is 5.92 Å². The van der Waals surface area contributed by atoms with E-state index < -0.39 is 5.97 Å². The van der Waals surface area contributed by atoms with Crippen molar-refractivity contribution < 1.29 is 9.90 Å². The van der Waals surface area contributed by atoms with Crippen molar-refractivity contribution in [3.8, 4) is 0 Å². The van der Waals surface area contributed by atoms with Crippen molar-refractivity contribution in [3.63, 3.8) is 0 Å². The highest BCUT2D eigenvalue weighted by atomic mass is 16.4. The number of nitrogens with one attached hydrogen (secondary N) is 1. The highest BCUT2D eigenvalue weighted by Crippen LogP contribution is 2.21. The van der Waals surface area contributed by atoms with Crippen LogP contribution in [0.15, 0.2) is 0 Å². The standard InChI is InChI=1S/C11H22N2O2/c1-12-10(11(14)15)4-3-9-5-7-13(2)8-6-9/h9-10,12H,3-8H2,1-2H3,(H,14,15)/t10-/m0/s1. The number of piperidine rings is 1. The molecule has 0 spiro atoms. The highest BCUT2D eigenvalue weighted by Gasteiger charge is 2.20. The fourth-order valence-electron chi connectivity index (χ4n) is 2.14. The number of aliphatic carboxylic acids is 1. The van der Waals surface area contributed by atoms with Crippen molar-refractivity contribution in [3.05, 3.63) is 0 Å². The molecule has 4 nitrogen and oxygen atoms in total. The third-order valence-electron chi connectivity index (χ3n) is 3.35. The summed E-state index contributed by atoms with van der Waals surface area (Å²) >= 11 is 0. The van der Waals surface area contributed by atoms with E-state index in [0.29, 0.717) is 0 Å². The van der Waals surface area contributed by atoms with Crippen molar-refractivity contribution in [1.82, 2.24) is 10.2 Å². The predicted octanol–water partition coefficient (Wildman–Crippen LogP) is 0.781. The van der Waals surface area contributed by atoms with Gasteiger partial charge in [-0.25, -0.2) is 0 Å². The molecule has 1 heterocycles. The Labute approximate surface area is 91.6 Å². The molecule has 2 N–H and O–H groups in total. The first-order valence-corrected chi connectivity index (χ1v) is 5.72. The fourth-order valence-corrected chi connectivity index (χ4v) is 2.14. The molecule has 4 heteroatoms. The highest BCUT2D eigenvalue weighted by molar-refractivity contribution is 5.73. The maximum Gasteiger partial charge on any atom is 0.320 e. The van der Waals surface area contributed by atoms with Crippen LogP contribution in [0.25, 0.3) is 0 Å². The lowest BCUT2D eigenvalue weighted by molar-refractivity contribution is -0.139. The molecule has 0 aromatic heterocycles. The zero-order valence-electron chi connectivity index (χ0n) is 9.70. The Morgan fingerprint density at radius 2 is 2.13 bits per heavy atom. The quantitative estimate of drug-likeness (QED) is 0.710. The van der Waals surface area contributed by atoms with Gasteiger partial charge in [0.2, 0.25) is 0 Å². The van der Waals surface area contributed by atoms with E-state index in [1.54, 1.807) is 7.05 Å². The van der Waals surface area contributed by atoms with Gasteiger partial charge in [0.15, 0.2) is 0 Å². The summed E-state index contributed by atoms with van der Waals surface area (Å²) in [5.41, 5.74) is 0. The van der Waals surface area contributed by atoms with Crippen molar-refractivity contribution in [1.29, 1.82) is 0 Å². The van der Waals surface area contributed by atoms with E-state index in [0.717, 1.165) is 31.8 Å². The van der Waals surface area contributed by atoms with Gasteiger partial charge >= 0.3 is 5.97 Å². The van der Waals surface area contributed by atoms with E-state index in [1.165, 1.54) is 12.8 Å². The van der Waals surface area contributed by atoms with Gasteiger partial charge in [0, 0.05) is 0 Å². The maximum absolute atomic E-state index is 10.8. The van der Waals surface area contributed by atoms with Gasteiger partial charge < -0.3 is 15.3 Å². The third kappa shape index (κ3) is 4.18. The number of rotatable bonds is 5. The first-order chi connectivity index (χ1) is 7.13. The van der Waals surface area contributed by atoms with Crippen LogP contribution >= 0.6 is 0 Å². The van der Waals surface area contributed by atoms with Gasteiger partial charge in [0.25, 0.3) is 0 Å². The molecular formula is C11H22N2O2. The van der Waals surface area contributed by atoms with Crippen LogP contribution in [0.5, 0.6) is 0 Å². The van der Waals surface area contributed by atoms with Crippen LogP contribution in [-0.4, -0.2) is 49.2 Å². The lowest BCUT2D eigenvalue weighted by Gasteiger charge is -2.29. The Kier molecular flexibility index (Phi) is 5.05. The number of carboxylic acid groups (broad SMARTS) is 1. The van der Waals surface area contributed by atoms with E-state index in [1.807, 2.05) is 0 Å². The average Bonchev–Trinajstić information content (AvgIpc) is 2.21. The first-order valence-electron chi connectivity index (χ1n) is 5.72. The summed E-state index contributed by atoms with van der Waals surface area (Å²) < 4.78 is 0. The Balaban J connectivity index is 2.21. The minimum Gasteiger partial charge on any atom is -0.480 e. The summed E-state index contributed by atoms with van der Waals surface area (Å²) in [7, 11) is 3.86. The molecule has 1 aliphatic rings. The molecule has 1 atom stereocenters. The first kappa shape index (κ1) is 12.5. The molecule has 0 saturated carbocycles. The van der Waals surface area contributed by atoms with E-state index >= 15 is 0 Å². The second-order valence-electron chi connectivity index (χ2n) is 4.50. The molecule has 0 amide bonds. The van der Waals surface area contributed by atoms with E-state index in [9.17, 15) is 4.79 Å². The van der Waals surface area contributed by atoms with E-state index in [4.69, 9.17) is 5.11 Å². The predicted molar refractivity (Wildman–Crippen MR) is 59.9 cm³/mol. The van der Waals surface area contributed by atoms with Crippen LogP contribution in [0, 0.1) is 5.92 Å². The average molecular weight is 214 g/mol. The van der Waals surface area contributed by atoms with Crippen LogP contribution < -0.4 is 5.32 Å². The van der Waals surface area contributed by atoms with Crippen LogP contribution in [0.3, 0.4) is 0 Å². The smallest absolute Gasteiger partial charge is 0.320 e. The minimum absolute atomic E-state index is 0.371. The van der Waals surface area contributed by atoms with E-state index in [2.05, 4.69) is 17.3 Å². The molecule has 0 aromatic carbocycles. The molecule has 0 radical (unpaired) electrons. The number of carboxylic acids is 1.